The highest BCUT2D eigenvalue weighted by atomic mass is 16.5. The molecular weight excluding hydrogens is 326 g/mol. The molecule has 0 saturated carbocycles. The van der Waals surface area contributed by atoms with Gasteiger partial charge in [0.25, 0.3) is 5.91 Å². The second-order valence-electron chi connectivity index (χ2n) is 7.85. The fourth-order valence-electron chi connectivity index (χ4n) is 2.34. The summed E-state index contributed by atoms with van der Waals surface area (Å²) in [6.07, 6.45) is 0. The van der Waals surface area contributed by atoms with Gasteiger partial charge in [-0.2, -0.15) is 0 Å². The maximum Gasteiger partial charge on any atom is 0.338 e. The van der Waals surface area contributed by atoms with E-state index in [9.17, 15) is 9.59 Å². The number of carbonyl (C=O) groups excluding carboxylic acids is 2. The van der Waals surface area contributed by atoms with Gasteiger partial charge in [0, 0.05) is 11.3 Å². The summed E-state index contributed by atoms with van der Waals surface area (Å²) < 4.78 is 5.19. The van der Waals surface area contributed by atoms with Crippen molar-refractivity contribution in [3.63, 3.8) is 0 Å². The minimum atomic E-state index is -0.352. The number of anilines is 1. The first kappa shape index (κ1) is 19.7. The lowest BCUT2D eigenvalue weighted by molar-refractivity contribution is 0.0459. The maximum absolute atomic E-state index is 12.4. The van der Waals surface area contributed by atoms with E-state index < -0.39 is 0 Å². The van der Waals surface area contributed by atoms with Gasteiger partial charge in [-0.15, -0.1) is 0 Å². The first-order chi connectivity index (χ1) is 12.2. The Hall–Kier alpha value is -2.62. The molecule has 4 nitrogen and oxygen atoms in total. The normalized spacial score (nSPS) is 11.3. The lowest BCUT2D eigenvalue weighted by Gasteiger charge is -2.19. The number of rotatable bonds is 5. The van der Waals surface area contributed by atoms with Gasteiger partial charge in [-0.05, 0) is 53.3 Å². The molecule has 0 aliphatic rings. The molecule has 26 heavy (non-hydrogen) atoms. The number of hydrogen-bond acceptors (Lipinski definition) is 3. The number of carbonyl (C=O) groups is 2. The van der Waals surface area contributed by atoms with Crippen molar-refractivity contribution in [3.05, 3.63) is 65.2 Å². The Bertz CT molecular complexity index is 753. The van der Waals surface area contributed by atoms with Gasteiger partial charge in [-0.25, -0.2) is 4.79 Å². The largest absolute Gasteiger partial charge is 0.462 e. The van der Waals surface area contributed by atoms with Crippen LogP contribution in [0, 0.1) is 5.92 Å². The lowest BCUT2D eigenvalue weighted by Crippen LogP contribution is -2.14. The van der Waals surface area contributed by atoms with Gasteiger partial charge in [-0.3, -0.25) is 4.79 Å². The minimum Gasteiger partial charge on any atom is -0.462 e. The highest BCUT2D eigenvalue weighted by Crippen LogP contribution is 2.22. The number of esters is 1. The molecule has 0 aliphatic carbocycles. The summed E-state index contributed by atoms with van der Waals surface area (Å²) in [6.45, 7) is 10.8. The molecule has 0 aromatic heterocycles. The fourth-order valence-corrected chi connectivity index (χ4v) is 2.34. The van der Waals surface area contributed by atoms with E-state index >= 15 is 0 Å². The molecule has 0 radical (unpaired) electrons. The van der Waals surface area contributed by atoms with Gasteiger partial charge in [0.05, 0.1) is 12.2 Å². The molecule has 0 fully saturated rings. The number of nitrogens with one attached hydrogen (secondary N) is 1. The lowest BCUT2D eigenvalue weighted by atomic mass is 9.87. The molecule has 4 heteroatoms. The molecule has 1 amide bonds. The molecule has 2 rings (SSSR count). The smallest absolute Gasteiger partial charge is 0.338 e. The summed E-state index contributed by atoms with van der Waals surface area (Å²) >= 11 is 0. The topological polar surface area (TPSA) is 55.4 Å². The first-order valence-electron chi connectivity index (χ1n) is 8.86. The van der Waals surface area contributed by atoms with E-state index in [1.165, 1.54) is 5.56 Å². The zero-order valence-electron chi connectivity index (χ0n) is 16.1. The molecule has 0 unspecified atom stereocenters. The van der Waals surface area contributed by atoms with Crippen molar-refractivity contribution >= 4 is 17.6 Å². The van der Waals surface area contributed by atoms with Gasteiger partial charge in [-0.1, -0.05) is 46.8 Å². The van der Waals surface area contributed by atoms with E-state index in [2.05, 4.69) is 26.1 Å². The zero-order chi connectivity index (χ0) is 19.3. The molecule has 0 bridgehead atoms. The van der Waals surface area contributed by atoms with Crippen LogP contribution in [0.5, 0.6) is 0 Å². The van der Waals surface area contributed by atoms with Crippen LogP contribution in [0.3, 0.4) is 0 Å². The summed E-state index contributed by atoms with van der Waals surface area (Å²) in [7, 11) is 0. The zero-order valence-corrected chi connectivity index (χ0v) is 16.1. The molecule has 0 aliphatic heterocycles. The molecule has 2 aromatic rings. The number of ether oxygens (including phenoxy) is 1. The van der Waals surface area contributed by atoms with Crippen LogP contribution >= 0.6 is 0 Å². The summed E-state index contributed by atoms with van der Waals surface area (Å²) in [6, 6.07) is 14.3. The summed E-state index contributed by atoms with van der Waals surface area (Å²) in [5.74, 6) is -0.239. The summed E-state index contributed by atoms with van der Waals surface area (Å²) in [5, 5.41) is 2.84. The van der Waals surface area contributed by atoms with Crippen LogP contribution in [0.25, 0.3) is 0 Å². The average molecular weight is 353 g/mol. The predicted molar refractivity (Wildman–Crippen MR) is 105 cm³/mol. The molecular formula is C22H27NO3. The van der Waals surface area contributed by atoms with Crippen LogP contribution in [0.4, 0.5) is 5.69 Å². The predicted octanol–water partition coefficient (Wildman–Crippen LogP) is 5.05. The molecule has 0 saturated heterocycles. The molecule has 0 heterocycles. The Balaban J connectivity index is 2.00. The standard InChI is InChI=1S/C22H27NO3/c1-15(2)14-26-21(25)17-8-12-19(13-9-17)23-20(24)16-6-10-18(11-7-16)22(3,4)5/h6-13,15H,14H2,1-5H3,(H,23,24). The van der Waals surface area contributed by atoms with Crippen molar-refractivity contribution < 1.29 is 14.3 Å². The molecule has 0 atom stereocenters. The van der Waals surface area contributed by atoms with E-state index in [4.69, 9.17) is 4.74 Å². The third-order valence-corrected chi connectivity index (χ3v) is 3.94. The van der Waals surface area contributed by atoms with Gasteiger partial charge >= 0.3 is 5.97 Å². The summed E-state index contributed by atoms with van der Waals surface area (Å²) in [5.41, 5.74) is 2.93. The van der Waals surface area contributed by atoms with Gasteiger partial charge < -0.3 is 10.1 Å². The van der Waals surface area contributed by atoms with Gasteiger partial charge in [0.2, 0.25) is 0 Å². The number of hydrogen-bond donors (Lipinski definition) is 1. The van der Waals surface area contributed by atoms with Crippen LogP contribution in [-0.4, -0.2) is 18.5 Å². The Morgan fingerprint density at radius 2 is 1.46 bits per heavy atom. The molecule has 1 N–H and O–H groups in total. The van der Waals surface area contributed by atoms with Crippen molar-refractivity contribution in [2.24, 2.45) is 5.92 Å². The van der Waals surface area contributed by atoms with Gasteiger partial charge in [0.1, 0.15) is 0 Å². The van der Waals surface area contributed by atoms with Crippen LogP contribution in [0.2, 0.25) is 0 Å². The Kier molecular flexibility index (Phi) is 6.19. The number of amides is 1. The third kappa shape index (κ3) is 5.45. The minimum absolute atomic E-state index is 0.0506. The van der Waals surface area contributed by atoms with E-state index in [0.717, 1.165) is 0 Å². The SMILES string of the molecule is CC(C)COC(=O)c1ccc(NC(=O)c2ccc(C(C)(C)C)cc2)cc1. The monoisotopic (exact) mass is 353 g/mol. The van der Waals surface area contributed by atoms with Crippen molar-refractivity contribution in [2.45, 2.75) is 40.0 Å². The molecule has 2 aromatic carbocycles. The second kappa shape index (κ2) is 8.17. The van der Waals surface area contributed by atoms with Crippen molar-refractivity contribution in [2.75, 3.05) is 11.9 Å². The van der Waals surface area contributed by atoms with Crippen LogP contribution in [-0.2, 0) is 10.2 Å². The van der Waals surface area contributed by atoms with E-state index in [0.29, 0.717) is 29.3 Å². The quantitative estimate of drug-likeness (QED) is 0.765. The van der Waals surface area contributed by atoms with Crippen LogP contribution < -0.4 is 5.32 Å². The van der Waals surface area contributed by atoms with E-state index in [1.807, 2.05) is 38.1 Å². The Labute approximate surface area is 155 Å². The average Bonchev–Trinajstić information content (AvgIpc) is 2.59. The molecule has 138 valence electrons. The number of benzene rings is 2. The Morgan fingerprint density at radius 3 is 1.96 bits per heavy atom. The van der Waals surface area contributed by atoms with Crippen molar-refractivity contribution in [1.29, 1.82) is 0 Å². The molecule has 0 spiro atoms. The highest BCUT2D eigenvalue weighted by Gasteiger charge is 2.14. The fraction of sp³-hybridized carbons (Fsp3) is 0.364. The van der Waals surface area contributed by atoms with Crippen molar-refractivity contribution in [1.82, 2.24) is 0 Å². The van der Waals surface area contributed by atoms with Gasteiger partial charge in [0.15, 0.2) is 0 Å². The highest BCUT2D eigenvalue weighted by molar-refractivity contribution is 6.04. The Morgan fingerprint density at radius 1 is 0.923 bits per heavy atom. The maximum atomic E-state index is 12.4. The second-order valence-corrected chi connectivity index (χ2v) is 7.85. The van der Waals surface area contributed by atoms with E-state index in [1.54, 1.807) is 24.3 Å². The van der Waals surface area contributed by atoms with E-state index in [-0.39, 0.29) is 17.3 Å². The van der Waals surface area contributed by atoms with Crippen LogP contribution in [0.15, 0.2) is 48.5 Å². The first-order valence-corrected chi connectivity index (χ1v) is 8.86. The van der Waals surface area contributed by atoms with Crippen molar-refractivity contribution in [3.8, 4) is 0 Å². The summed E-state index contributed by atoms with van der Waals surface area (Å²) in [4.78, 5) is 24.3. The third-order valence-electron chi connectivity index (χ3n) is 3.94. The van der Waals surface area contributed by atoms with Crippen LogP contribution in [0.1, 0.15) is 60.9 Å².